The number of thiazole rings is 1. The molecule has 2 rings (SSSR count). The van der Waals surface area contributed by atoms with Gasteiger partial charge < -0.3 is 5.32 Å². The van der Waals surface area contributed by atoms with Crippen molar-refractivity contribution in [2.75, 3.05) is 5.32 Å². The third-order valence-electron chi connectivity index (χ3n) is 1.69. The highest BCUT2D eigenvalue weighted by Crippen LogP contribution is 2.28. The normalized spacial score (nSPS) is 10.1. The van der Waals surface area contributed by atoms with Crippen LogP contribution in [0.1, 0.15) is 13.8 Å². The summed E-state index contributed by atoms with van der Waals surface area (Å²) in [6.07, 6.45) is 0. The minimum Gasteiger partial charge on any atom is -0.359 e. The fourth-order valence-corrected chi connectivity index (χ4v) is 2.74. The number of anilines is 1. The third-order valence-corrected chi connectivity index (χ3v) is 3.36. The lowest BCUT2D eigenvalue weighted by molar-refractivity contribution is 0.897. The maximum absolute atomic E-state index is 4.51. The summed E-state index contributed by atoms with van der Waals surface area (Å²) in [5.41, 5.74) is 1.08. The van der Waals surface area contributed by atoms with E-state index in [0.29, 0.717) is 6.04 Å². The van der Waals surface area contributed by atoms with Gasteiger partial charge in [-0.1, -0.05) is 6.07 Å². The van der Waals surface area contributed by atoms with Crippen LogP contribution in [-0.2, 0) is 0 Å². The van der Waals surface area contributed by atoms with Crippen molar-refractivity contribution in [3.8, 4) is 10.6 Å². The predicted octanol–water partition coefficient (Wildman–Crippen LogP) is 4.27. The summed E-state index contributed by atoms with van der Waals surface area (Å²) in [7, 11) is 0. The molecule has 0 atom stereocenters. The van der Waals surface area contributed by atoms with Crippen molar-refractivity contribution in [3.05, 3.63) is 22.9 Å². The van der Waals surface area contributed by atoms with Gasteiger partial charge in [0.25, 0.3) is 0 Å². The summed E-state index contributed by atoms with van der Waals surface area (Å²) < 4.78 is 0. The van der Waals surface area contributed by atoms with Crippen LogP contribution in [0.3, 0.4) is 0 Å². The van der Waals surface area contributed by atoms with Crippen LogP contribution >= 0.6 is 39.7 Å². The van der Waals surface area contributed by atoms with E-state index in [0.717, 1.165) is 10.8 Å². The Morgan fingerprint density at radius 3 is 2.73 bits per heavy atom. The van der Waals surface area contributed by atoms with E-state index in [-0.39, 0.29) is 17.0 Å². The lowest BCUT2D eigenvalue weighted by Gasteiger charge is -2.04. The van der Waals surface area contributed by atoms with Crippen LogP contribution in [0.4, 0.5) is 5.13 Å². The maximum atomic E-state index is 4.51. The number of halogens is 1. The van der Waals surface area contributed by atoms with E-state index < -0.39 is 0 Å². The first-order valence-corrected chi connectivity index (χ1v) is 6.27. The van der Waals surface area contributed by atoms with Gasteiger partial charge in [0.2, 0.25) is 0 Å². The average molecular weight is 305 g/mol. The first kappa shape index (κ1) is 12.7. The van der Waals surface area contributed by atoms with Gasteiger partial charge >= 0.3 is 0 Å². The molecule has 0 spiro atoms. The monoisotopic (exact) mass is 304 g/mol. The minimum atomic E-state index is 0. The molecule has 5 heteroatoms. The molecule has 0 aliphatic carbocycles. The van der Waals surface area contributed by atoms with Gasteiger partial charge in [0.05, 0.1) is 10.6 Å². The Kier molecular flexibility index (Phi) is 4.76. The Bertz CT molecular complexity index is 395. The maximum Gasteiger partial charge on any atom is 0.183 e. The molecular weight excluding hydrogens is 292 g/mol. The van der Waals surface area contributed by atoms with Crippen molar-refractivity contribution in [2.24, 2.45) is 0 Å². The van der Waals surface area contributed by atoms with Crippen LogP contribution < -0.4 is 5.32 Å². The minimum absolute atomic E-state index is 0. The van der Waals surface area contributed by atoms with E-state index in [1.165, 1.54) is 4.88 Å². The summed E-state index contributed by atoms with van der Waals surface area (Å²) in [5, 5.41) is 8.47. The van der Waals surface area contributed by atoms with Gasteiger partial charge in [0, 0.05) is 11.4 Å². The number of hydrogen-bond acceptors (Lipinski definition) is 4. The zero-order valence-electron chi connectivity index (χ0n) is 8.56. The number of hydrogen-bond donors (Lipinski definition) is 1. The molecule has 0 aliphatic heterocycles. The van der Waals surface area contributed by atoms with Crippen molar-refractivity contribution >= 4 is 44.8 Å². The van der Waals surface area contributed by atoms with Gasteiger partial charge in [-0.05, 0) is 25.3 Å². The van der Waals surface area contributed by atoms with Gasteiger partial charge in [0.1, 0.15) is 0 Å². The number of thiophene rings is 1. The number of aromatic nitrogens is 1. The van der Waals surface area contributed by atoms with Crippen LogP contribution in [0.5, 0.6) is 0 Å². The topological polar surface area (TPSA) is 24.9 Å². The molecule has 0 fully saturated rings. The molecule has 0 amide bonds. The van der Waals surface area contributed by atoms with Gasteiger partial charge in [-0.25, -0.2) is 4.98 Å². The number of rotatable bonds is 3. The first-order chi connectivity index (χ1) is 6.75. The Balaban J connectivity index is 0.00000112. The van der Waals surface area contributed by atoms with Crippen molar-refractivity contribution < 1.29 is 0 Å². The van der Waals surface area contributed by atoms with E-state index >= 15 is 0 Å². The van der Waals surface area contributed by atoms with E-state index in [4.69, 9.17) is 0 Å². The number of nitrogens with one attached hydrogen (secondary N) is 1. The van der Waals surface area contributed by atoms with E-state index in [9.17, 15) is 0 Å². The summed E-state index contributed by atoms with van der Waals surface area (Å²) in [4.78, 5) is 5.75. The second-order valence-corrected chi connectivity index (χ2v) is 5.12. The van der Waals surface area contributed by atoms with Crippen LogP contribution in [0.2, 0.25) is 0 Å². The van der Waals surface area contributed by atoms with Gasteiger partial charge in [-0.2, -0.15) is 0 Å². The summed E-state index contributed by atoms with van der Waals surface area (Å²) >= 11 is 3.39. The molecular formula is C10H13BrN2S2. The largest absolute Gasteiger partial charge is 0.359 e. The zero-order chi connectivity index (χ0) is 9.97. The van der Waals surface area contributed by atoms with Crippen LogP contribution in [0.15, 0.2) is 22.9 Å². The van der Waals surface area contributed by atoms with E-state index in [2.05, 4.69) is 47.0 Å². The van der Waals surface area contributed by atoms with E-state index in [1.807, 2.05) is 0 Å². The molecule has 1 N–H and O–H groups in total. The van der Waals surface area contributed by atoms with Crippen molar-refractivity contribution in [1.82, 2.24) is 4.98 Å². The Labute approximate surface area is 108 Å². The third kappa shape index (κ3) is 3.29. The molecule has 0 radical (unpaired) electrons. The fraction of sp³-hybridized carbons (Fsp3) is 0.300. The Hall–Kier alpha value is -0.390. The molecule has 2 heterocycles. The highest BCUT2D eigenvalue weighted by atomic mass is 79.9. The molecule has 2 aromatic heterocycles. The molecule has 0 bridgehead atoms. The van der Waals surface area contributed by atoms with Crippen LogP contribution in [-0.4, -0.2) is 11.0 Å². The SMILES string of the molecule is Br.CC(C)Nc1nc(-c2cccs2)cs1. The van der Waals surface area contributed by atoms with Gasteiger partial charge in [-0.15, -0.1) is 39.7 Å². The molecule has 0 saturated heterocycles. The highest BCUT2D eigenvalue weighted by Gasteiger charge is 2.05. The fourth-order valence-electron chi connectivity index (χ4n) is 1.12. The Morgan fingerprint density at radius 2 is 2.13 bits per heavy atom. The Morgan fingerprint density at radius 1 is 1.33 bits per heavy atom. The van der Waals surface area contributed by atoms with Crippen molar-refractivity contribution in [3.63, 3.8) is 0 Å². The second-order valence-electron chi connectivity index (χ2n) is 3.31. The van der Waals surface area contributed by atoms with Gasteiger partial charge in [0.15, 0.2) is 5.13 Å². The van der Waals surface area contributed by atoms with Crippen LogP contribution in [0.25, 0.3) is 10.6 Å². The predicted molar refractivity (Wildman–Crippen MR) is 74.5 cm³/mol. The zero-order valence-corrected chi connectivity index (χ0v) is 11.9. The molecule has 82 valence electrons. The molecule has 2 aromatic rings. The van der Waals surface area contributed by atoms with Crippen molar-refractivity contribution in [2.45, 2.75) is 19.9 Å². The van der Waals surface area contributed by atoms with E-state index in [1.54, 1.807) is 22.7 Å². The number of nitrogens with zero attached hydrogens (tertiary/aromatic N) is 1. The smallest absolute Gasteiger partial charge is 0.183 e. The molecule has 15 heavy (non-hydrogen) atoms. The first-order valence-electron chi connectivity index (χ1n) is 4.51. The lowest BCUT2D eigenvalue weighted by atomic mass is 10.4. The molecule has 2 nitrogen and oxygen atoms in total. The quantitative estimate of drug-likeness (QED) is 0.916. The van der Waals surface area contributed by atoms with Crippen LogP contribution in [0, 0.1) is 0 Å². The standard InChI is InChI=1S/C10H12N2S2.BrH/c1-7(2)11-10-12-8(6-14-10)9-4-3-5-13-9;/h3-7H,1-2H3,(H,11,12);1H. The summed E-state index contributed by atoms with van der Waals surface area (Å²) in [5.74, 6) is 0. The molecule has 0 unspecified atom stereocenters. The highest BCUT2D eigenvalue weighted by molar-refractivity contribution is 8.93. The summed E-state index contributed by atoms with van der Waals surface area (Å²) in [6, 6.07) is 4.59. The molecule has 0 aliphatic rings. The second kappa shape index (κ2) is 5.63. The average Bonchev–Trinajstić information content (AvgIpc) is 2.69. The lowest BCUT2D eigenvalue weighted by Crippen LogP contribution is -2.08. The van der Waals surface area contributed by atoms with Gasteiger partial charge in [-0.3, -0.25) is 0 Å². The molecule has 0 saturated carbocycles. The molecule has 0 aromatic carbocycles. The van der Waals surface area contributed by atoms with Crippen molar-refractivity contribution in [1.29, 1.82) is 0 Å². The summed E-state index contributed by atoms with van der Waals surface area (Å²) in [6.45, 7) is 4.23.